The highest BCUT2D eigenvalue weighted by atomic mass is 16.5. The van der Waals surface area contributed by atoms with E-state index in [1.54, 1.807) is 18.2 Å². The van der Waals surface area contributed by atoms with Crippen LogP contribution in [0.15, 0.2) is 78.9 Å². The van der Waals surface area contributed by atoms with E-state index in [4.69, 9.17) is 4.74 Å². The zero-order chi connectivity index (χ0) is 23.8. The Bertz CT molecular complexity index is 1090. The van der Waals surface area contributed by atoms with E-state index < -0.39 is 0 Å². The van der Waals surface area contributed by atoms with Crippen molar-refractivity contribution in [3.63, 3.8) is 0 Å². The smallest absolute Gasteiger partial charge is 0.255 e. The highest BCUT2D eigenvalue weighted by Gasteiger charge is 2.23. The van der Waals surface area contributed by atoms with Crippen LogP contribution in [-0.2, 0) is 17.9 Å². The van der Waals surface area contributed by atoms with Crippen LogP contribution in [0.4, 0.5) is 5.69 Å². The van der Waals surface area contributed by atoms with Crippen LogP contribution in [0.1, 0.15) is 41.3 Å². The third kappa shape index (κ3) is 6.68. The van der Waals surface area contributed by atoms with E-state index in [-0.39, 0.29) is 17.9 Å². The summed E-state index contributed by atoms with van der Waals surface area (Å²) in [6.45, 7) is 4.61. The number of ether oxygens (including phenoxy) is 1. The molecule has 176 valence electrons. The first-order valence-corrected chi connectivity index (χ1v) is 11.7. The van der Waals surface area contributed by atoms with E-state index in [1.807, 2.05) is 36.4 Å². The van der Waals surface area contributed by atoms with Crippen molar-refractivity contribution in [1.82, 2.24) is 10.2 Å². The molecule has 3 aromatic rings. The Hall–Kier alpha value is -3.64. The Morgan fingerprint density at radius 1 is 0.912 bits per heavy atom. The molecule has 2 amide bonds. The Balaban J connectivity index is 1.38. The van der Waals surface area contributed by atoms with Gasteiger partial charge in [0.2, 0.25) is 5.91 Å². The number of nitrogens with one attached hydrogen (secondary N) is 2. The molecule has 1 aliphatic rings. The predicted molar refractivity (Wildman–Crippen MR) is 134 cm³/mol. The number of nitrogens with zero attached hydrogens (tertiary/aromatic N) is 1. The van der Waals surface area contributed by atoms with Crippen LogP contribution in [0.2, 0.25) is 0 Å². The average Bonchev–Trinajstić information content (AvgIpc) is 2.85. The van der Waals surface area contributed by atoms with Gasteiger partial charge in [-0.25, -0.2) is 0 Å². The molecule has 1 saturated heterocycles. The lowest BCUT2D eigenvalue weighted by molar-refractivity contribution is -0.114. The number of carbonyl (C=O) groups excluding carboxylic acids is 2. The van der Waals surface area contributed by atoms with Crippen LogP contribution in [0.5, 0.6) is 5.75 Å². The second-order valence-electron chi connectivity index (χ2n) is 8.68. The van der Waals surface area contributed by atoms with Gasteiger partial charge in [0, 0.05) is 44.4 Å². The number of amides is 2. The molecule has 6 heteroatoms. The third-order valence-corrected chi connectivity index (χ3v) is 5.96. The van der Waals surface area contributed by atoms with Crippen molar-refractivity contribution in [3.05, 3.63) is 95.6 Å². The van der Waals surface area contributed by atoms with Gasteiger partial charge >= 0.3 is 0 Å². The third-order valence-electron chi connectivity index (χ3n) is 5.96. The second kappa shape index (κ2) is 11.5. The molecule has 0 saturated carbocycles. The highest BCUT2D eigenvalue weighted by Crippen LogP contribution is 2.25. The number of piperidine rings is 1. The molecule has 0 radical (unpaired) electrons. The minimum absolute atomic E-state index is 0.122. The van der Waals surface area contributed by atoms with Gasteiger partial charge < -0.3 is 15.4 Å². The second-order valence-corrected chi connectivity index (χ2v) is 8.68. The van der Waals surface area contributed by atoms with Gasteiger partial charge in [-0.1, -0.05) is 60.7 Å². The number of likely N-dealkylation sites (tertiary alicyclic amines) is 1. The van der Waals surface area contributed by atoms with E-state index in [2.05, 4.69) is 39.8 Å². The van der Waals surface area contributed by atoms with E-state index >= 15 is 0 Å². The van der Waals surface area contributed by atoms with E-state index in [1.165, 1.54) is 12.5 Å². The monoisotopic (exact) mass is 457 g/mol. The molecule has 0 atom stereocenters. The van der Waals surface area contributed by atoms with Crippen LogP contribution in [0.25, 0.3) is 0 Å². The van der Waals surface area contributed by atoms with Crippen molar-refractivity contribution in [2.45, 2.75) is 39.0 Å². The molecular weight excluding hydrogens is 426 g/mol. The molecule has 6 nitrogen and oxygen atoms in total. The van der Waals surface area contributed by atoms with Crippen LogP contribution < -0.4 is 15.4 Å². The van der Waals surface area contributed by atoms with Gasteiger partial charge in [-0.05, 0) is 36.1 Å². The lowest BCUT2D eigenvalue weighted by atomic mass is 10.0. The fourth-order valence-electron chi connectivity index (χ4n) is 4.19. The zero-order valence-corrected chi connectivity index (χ0v) is 19.5. The first-order valence-electron chi connectivity index (χ1n) is 11.7. The maximum atomic E-state index is 13.2. The molecule has 0 bridgehead atoms. The fourth-order valence-corrected chi connectivity index (χ4v) is 4.19. The SMILES string of the molecule is CC(=O)Nc1ccc(C(=O)NC2CCN(Cc3ccccc3)CC2)c(OCc2ccccc2)c1. The summed E-state index contributed by atoms with van der Waals surface area (Å²) in [5, 5.41) is 5.94. The van der Waals surface area contributed by atoms with Gasteiger partial charge in [0.25, 0.3) is 5.91 Å². The molecule has 34 heavy (non-hydrogen) atoms. The van der Waals surface area contributed by atoms with E-state index in [0.29, 0.717) is 23.6 Å². The van der Waals surface area contributed by atoms with Gasteiger partial charge in [0.15, 0.2) is 0 Å². The van der Waals surface area contributed by atoms with Gasteiger partial charge in [0.1, 0.15) is 12.4 Å². The summed E-state index contributed by atoms with van der Waals surface area (Å²) < 4.78 is 6.02. The van der Waals surface area contributed by atoms with E-state index in [9.17, 15) is 9.59 Å². The Morgan fingerprint density at radius 3 is 2.21 bits per heavy atom. The number of rotatable bonds is 8. The summed E-state index contributed by atoms with van der Waals surface area (Å²) >= 11 is 0. The maximum Gasteiger partial charge on any atom is 0.255 e. The van der Waals surface area contributed by atoms with Crippen molar-refractivity contribution < 1.29 is 14.3 Å². The lowest BCUT2D eigenvalue weighted by Gasteiger charge is -2.32. The quantitative estimate of drug-likeness (QED) is 0.518. The lowest BCUT2D eigenvalue weighted by Crippen LogP contribution is -2.44. The van der Waals surface area contributed by atoms with E-state index in [0.717, 1.165) is 38.0 Å². The molecule has 1 aliphatic heterocycles. The molecule has 0 aliphatic carbocycles. The first-order chi connectivity index (χ1) is 16.6. The van der Waals surface area contributed by atoms with Crippen molar-refractivity contribution in [2.75, 3.05) is 18.4 Å². The number of carbonyl (C=O) groups is 2. The fraction of sp³-hybridized carbons (Fsp3) is 0.286. The Labute approximate surface area is 200 Å². The molecular formula is C28H31N3O3. The molecule has 3 aromatic carbocycles. The van der Waals surface area contributed by atoms with Crippen LogP contribution in [0, 0.1) is 0 Å². The summed E-state index contributed by atoms with van der Waals surface area (Å²) in [6.07, 6.45) is 1.81. The molecule has 0 aromatic heterocycles. The van der Waals surface area contributed by atoms with Gasteiger partial charge in [0.05, 0.1) is 5.56 Å². The maximum absolute atomic E-state index is 13.2. The number of anilines is 1. The number of hydrogen-bond donors (Lipinski definition) is 2. The standard InChI is InChI=1S/C28H31N3O3/c1-21(32)29-25-12-13-26(27(18-25)34-20-23-10-6-3-7-11-23)28(33)30-24-14-16-31(17-15-24)19-22-8-4-2-5-9-22/h2-13,18,24H,14-17,19-20H2,1H3,(H,29,32)(H,30,33). The molecule has 1 fully saturated rings. The molecule has 4 rings (SSSR count). The number of benzene rings is 3. The van der Waals surface area contributed by atoms with Gasteiger partial charge in [-0.2, -0.15) is 0 Å². The van der Waals surface area contributed by atoms with Crippen molar-refractivity contribution in [2.24, 2.45) is 0 Å². The minimum atomic E-state index is -0.173. The molecule has 2 N–H and O–H groups in total. The summed E-state index contributed by atoms with van der Waals surface area (Å²) in [7, 11) is 0. The van der Waals surface area contributed by atoms with Gasteiger partial charge in [-0.3, -0.25) is 14.5 Å². The summed E-state index contributed by atoms with van der Waals surface area (Å²) in [5.41, 5.74) is 3.38. The molecule has 0 unspecified atom stereocenters. The first kappa shape index (κ1) is 23.5. The Kier molecular flexibility index (Phi) is 7.94. The summed E-state index contributed by atoms with van der Waals surface area (Å²) in [4.78, 5) is 27.1. The van der Waals surface area contributed by atoms with Crippen LogP contribution >= 0.6 is 0 Å². The average molecular weight is 458 g/mol. The molecule has 0 spiro atoms. The van der Waals surface area contributed by atoms with Crippen molar-refractivity contribution >= 4 is 17.5 Å². The van der Waals surface area contributed by atoms with Crippen LogP contribution in [0.3, 0.4) is 0 Å². The topological polar surface area (TPSA) is 70.7 Å². The largest absolute Gasteiger partial charge is 0.488 e. The summed E-state index contributed by atoms with van der Waals surface area (Å²) in [6, 6.07) is 25.5. The predicted octanol–water partition coefficient (Wildman–Crippen LogP) is 4.62. The summed E-state index contributed by atoms with van der Waals surface area (Å²) in [5.74, 6) is 0.126. The van der Waals surface area contributed by atoms with Crippen molar-refractivity contribution in [3.8, 4) is 5.75 Å². The molecule has 1 heterocycles. The van der Waals surface area contributed by atoms with Crippen molar-refractivity contribution in [1.29, 1.82) is 0 Å². The highest BCUT2D eigenvalue weighted by molar-refractivity contribution is 5.98. The minimum Gasteiger partial charge on any atom is -0.488 e. The normalized spacial score (nSPS) is 14.4. The van der Waals surface area contributed by atoms with Gasteiger partial charge in [-0.15, -0.1) is 0 Å². The van der Waals surface area contributed by atoms with Crippen LogP contribution in [-0.4, -0.2) is 35.8 Å². The Morgan fingerprint density at radius 2 is 1.56 bits per heavy atom. The zero-order valence-electron chi connectivity index (χ0n) is 19.5. The number of hydrogen-bond acceptors (Lipinski definition) is 4.